The van der Waals surface area contributed by atoms with Gasteiger partial charge >= 0.3 is 0 Å². The Morgan fingerprint density at radius 3 is 2.27 bits per heavy atom. The van der Waals surface area contributed by atoms with E-state index in [9.17, 15) is 4.79 Å². The van der Waals surface area contributed by atoms with Crippen LogP contribution < -0.4 is 5.43 Å². The van der Waals surface area contributed by atoms with Crippen molar-refractivity contribution in [1.82, 2.24) is 5.43 Å². The largest absolute Gasteiger partial charge is 0.273 e. The number of hydrazone groups is 1. The molecule has 0 spiro atoms. The second kappa shape index (κ2) is 11.0. The minimum Gasteiger partial charge on any atom is -0.273 e. The smallest absolute Gasteiger partial charge is 0.240 e. The summed E-state index contributed by atoms with van der Waals surface area (Å²) in [7, 11) is 0. The molecule has 1 aromatic rings. The maximum Gasteiger partial charge on any atom is 0.240 e. The standard InChI is InChI=1S/C19H30N2O/c1-4-6-7-8-9-10-11-19(22)21-20-16(3)18-14-12-17(5-2)13-15-18/h12-15H,4-11H2,1-3H3,(H,21,22)/b20-16+. The Bertz CT molecular complexity index is 463. The van der Waals surface area contributed by atoms with Crippen LogP contribution in [0.15, 0.2) is 29.4 Å². The average molecular weight is 302 g/mol. The summed E-state index contributed by atoms with van der Waals surface area (Å²) in [6, 6.07) is 8.31. The number of nitrogens with zero attached hydrogens (tertiary/aromatic N) is 1. The molecule has 0 unspecified atom stereocenters. The van der Waals surface area contributed by atoms with Crippen LogP contribution in [0.5, 0.6) is 0 Å². The first-order valence-corrected chi connectivity index (χ1v) is 8.59. The molecule has 1 rings (SSSR count). The van der Waals surface area contributed by atoms with Crippen molar-refractivity contribution < 1.29 is 4.79 Å². The van der Waals surface area contributed by atoms with Crippen LogP contribution in [-0.2, 0) is 11.2 Å². The number of amides is 1. The van der Waals surface area contributed by atoms with Crippen LogP contribution in [0.4, 0.5) is 0 Å². The highest BCUT2D eigenvalue weighted by molar-refractivity contribution is 5.99. The monoisotopic (exact) mass is 302 g/mol. The highest BCUT2D eigenvalue weighted by atomic mass is 16.2. The number of unbranched alkanes of at least 4 members (excludes halogenated alkanes) is 5. The summed E-state index contributed by atoms with van der Waals surface area (Å²) in [5.41, 5.74) is 5.87. The van der Waals surface area contributed by atoms with Crippen LogP contribution in [0.2, 0.25) is 0 Å². The van der Waals surface area contributed by atoms with Gasteiger partial charge < -0.3 is 0 Å². The third-order valence-electron chi connectivity index (χ3n) is 3.89. The molecule has 0 aliphatic carbocycles. The molecule has 0 bridgehead atoms. The van der Waals surface area contributed by atoms with Crippen molar-refractivity contribution in [3.05, 3.63) is 35.4 Å². The molecule has 122 valence electrons. The SMILES string of the molecule is CCCCCCCCC(=O)N/N=C(\C)c1ccc(CC)cc1. The Morgan fingerprint density at radius 2 is 1.64 bits per heavy atom. The van der Waals surface area contributed by atoms with Gasteiger partial charge in [0.25, 0.3) is 0 Å². The van der Waals surface area contributed by atoms with Crippen LogP contribution in [0.1, 0.15) is 76.8 Å². The molecule has 22 heavy (non-hydrogen) atoms. The molecule has 0 saturated heterocycles. The van der Waals surface area contributed by atoms with Crippen molar-refractivity contribution in [2.24, 2.45) is 5.10 Å². The number of carbonyl (C=O) groups is 1. The molecule has 1 amide bonds. The molecule has 0 fully saturated rings. The van der Waals surface area contributed by atoms with Gasteiger partial charge in [-0.15, -0.1) is 0 Å². The fourth-order valence-corrected chi connectivity index (χ4v) is 2.31. The van der Waals surface area contributed by atoms with E-state index >= 15 is 0 Å². The minimum atomic E-state index is 0.0139. The molecule has 0 aromatic heterocycles. The Morgan fingerprint density at radius 1 is 1.00 bits per heavy atom. The minimum absolute atomic E-state index is 0.0139. The van der Waals surface area contributed by atoms with Crippen molar-refractivity contribution in [1.29, 1.82) is 0 Å². The third-order valence-corrected chi connectivity index (χ3v) is 3.89. The van der Waals surface area contributed by atoms with Crippen LogP contribution in [0.25, 0.3) is 0 Å². The van der Waals surface area contributed by atoms with Crippen LogP contribution in [-0.4, -0.2) is 11.6 Å². The van der Waals surface area contributed by atoms with Gasteiger partial charge in [-0.25, -0.2) is 5.43 Å². The topological polar surface area (TPSA) is 41.5 Å². The fraction of sp³-hybridized carbons (Fsp3) is 0.579. The van der Waals surface area contributed by atoms with E-state index in [1.807, 2.05) is 6.92 Å². The quantitative estimate of drug-likeness (QED) is 0.375. The number of benzene rings is 1. The predicted octanol–water partition coefficient (Wildman–Crippen LogP) is 4.84. The summed E-state index contributed by atoms with van der Waals surface area (Å²) >= 11 is 0. The zero-order chi connectivity index (χ0) is 16.2. The average Bonchev–Trinajstić information content (AvgIpc) is 2.56. The number of aryl methyl sites for hydroxylation is 1. The normalized spacial score (nSPS) is 11.5. The van der Waals surface area contributed by atoms with Crippen molar-refractivity contribution in [3.63, 3.8) is 0 Å². The number of hydrogen-bond acceptors (Lipinski definition) is 2. The molecule has 0 atom stereocenters. The molecular weight excluding hydrogens is 272 g/mol. The van der Waals surface area contributed by atoms with Gasteiger partial charge in [-0.05, 0) is 30.9 Å². The Hall–Kier alpha value is -1.64. The van der Waals surface area contributed by atoms with E-state index in [1.165, 1.54) is 31.2 Å². The lowest BCUT2D eigenvalue weighted by Gasteiger charge is -2.04. The Balaban J connectivity index is 2.28. The molecule has 0 aliphatic heterocycles. The molecule has 1 aromatic carbocycles. The van der Waals surface area contributed by atoms with Gasteiger partial charge in [-0.3, -0.25) is 4.79 Å². The molecule has 1 N–H and O–H groups in total. The zero-order valence-corrected chi connectivity index (χ0v) is 14.3. The Kier molecular flexibility index (Phi) is 9.20. The van der Waals surface area contributed by atoms with E-state index in [0.717, 1.165) is 30.5 Å². The van der Waals surface area contributed by atoms with E-state index in [-0.39, 0.29) is 5.91 Å². The maximum atomic E-state index is 11.7. The van der Waals surface area contributed by atoms with Crippen molar-refractivity contribution in [2.75, 3.05) is 0 Å². The summed E-state index contributed by atoms with van der Waals surface area (Å²) in [4.78, 5) is 11.7. The number of rotatable bonds is 10. The molecule has 3 heteroatoms. The first-order chi connectivity index (χ1) is 10.7. The lowest BCUT2D eigenvalue weighted by atomic mass is 10.1. The van der Waals surface area contributed by atoms with Gasteiger partial charge in [0.05, 0.1) is 5.71 Å². The van der Waals surface area contributed by atoms with Crippen LogP contribution >= 0.6 is 0 Å². The predicted molar refractivity (Wildman–Crippen MR) is 94.2 cm³/mol. The molecule has 0 saturated carbocycles. The second-order valence-corrected chi connectivity index (χ2v) is 5.80. The molecule has 0 radical (unpaired) electrons. The summed E-state index contributed by atoms with van der Waals surface area (Å²) in [5.74, 6) is 0.0139. The van der Waals surface area contributed by atoms with Crippen molar-refractivity contribution >= 4 is 11.6 Å². The van der Waals surface area contributed by atoms with Gasteiger partial charge in [0.1, 0.15) is 0 Å². The lowest BCUT2D eigenvalue weighted by molar-refractivity contribution is -0.121. The maximum absolute atomic E-state index is 11.7. The van der Waals surface area contributed by atoms with Crippen LogP contribution in [0, 0.1) is 0 Å². The molecule has 0 aliphatic rings. The second-order valence-electron chi connectivity index (χ2n) is 5.80. The van der Waals surface area contributed by atoms with E-state index in [2.05, 4.69) is 48.6 Å². The first kappa shape index (κ1) is 18.4. The van der Waals surface area contributed by atoms with E-state index in [0.29, 0.717) is 6.42 Å². The van der Waals surface area contributed by atoms with Gasteiger partial charge in [0.2, 0.25) is 5.91 Å². The van der Waals surface area contributed by atoms with Gasteiger partial charge in [0.15, 0.2) is 0 Å². The Labute approximate surface area is 135 Å². The summed E-state index contributed by atoms with van der Waals surface area (Å²) in [6.07, 6.45) is 8.75. The van der Waals surface area contributed by atoms with Crippen molar-refractivity contribution in [2.45, 2.75) is 72.1 Å². The van der Waals surface area contributed by atoms with Gasteiger partial charge in [-0.1, -0.05) is 70.2 Å². The summed E-state index contributed by atoms with van der Waals surface area (Å²) in [6.45, 7) is 6.27. The summed E-state index contributed by atoms with van der Waals surface area (Å²) < 4.78 is 0. The number of hydrogen-bond donors (Lipinski definition) is 1. The van der Waals surface area contributed by atoms with Gasteiger partial charge in [0, 0.05) is 6.42 Å². The molecule has 3 nitrogen and oxygen atoms in total. The highest BCUT2D eigenvalue weighted by Crippen LogP contribution is 2.08. The molecule has 0 heterocycles. The number of carbonyl (C=O) groups excluding carboxylic acids is 1. The van der Waals surface area contributed by atoms with Gasteiger partial charge in [-0.2, -0.15) is 5.10 Å². The fourth-order valence-electron chi connectivity index (χ4n) is 2.31. The van der Waals surface area contributed by atoms with E-state index in [4.69, 9.17) is 0 Å². The third kappa shape index (κ3) is 7.39. The van der Waals surface area contributed by atoms with Crippen LogP contribution in [0.3, 0.4) is 0 Å². The lowest BCUT2D eigenvalue weighted by Crippen LogP contribution is -2.18. The van der Waals surface area contributed by atoms with Crippen molar-refractivity contribution in [3.8, 4) is 0 Å². The zero-order valence-electron chi connectivity index (χ0n) is 14.3. The highest BCUT2D eigenvalue weighted by Gasteiger charge is 2.02. The summed E-state index contributed by atoms with van der Waals surface area (Å²) in [5, 5.41) is 4.20. The number of nitrogens with one attached hydrogen (secondary N) is 1. The first-order valence-electron chi connectivity index (χ1n) is 8.59. The molecular formula is C19H30N2O. The van der Waals surface area contributed by atoms with E-state index in [1.54, 1.807) is 0 Å². The van der Waals surface area contributed by atoms with E-state index < -0.39 is 0 Å².